The molecule has 6 nitrogen and oxygen atoms in total. The summed E-state index contributed by atoms with van der Waals surface area (Å²) in [6.07, 6.45) is 0.0948. The molecule has 2 heterocycles. The largest absolute Gasteiger partial charge is 0.485 e. The average molecular weight is 396 g/mol. The van der Waals surface area contributed by atoms with E-state index >= 15 is 0 Å². The molecule has 1 aliphatic heterocycles. The molecule has 0 saturated heterocycles. The molecule has 0 saturated carbocycles. The number of halogens is 1. The predicted molar refractivity (Wildman–Crippen MR) is 104 cm³/mol. The zero-order valence-electron chi connectivity index (χ0n) is 15.3. The van der Waals surface area contributed by atoms with Gasteiger partial charge in [0.1, 0.15) is 17.5 Å². The Morgan fingerprint density at radius 1 is 1.21 bits per heavy atom. The fraction of sp³-hybridized carbons (Fsp3) is 0.238. The average Bonchev–Trinajstić information content (AvgIpc) is 3.14. The van der Waals surface area contributed by atoms with Gasteiger partial charge in [0, 0.05) is 22.8 Å². The van der Waals surface area contributed by atoms with Gasteiger partial charge in [-0.3, -0.25) is 0 Å². The van der Waals surface area contributed by atoms with Crippen molar-refractivity contribution >= 4 is 11.6 Å². The van der Waals surface area contributed by atoms with Gasteiger partial charge in [0.25, 0.3) is 0 Å². The van der Waals surface area contributed by atoms with Crippen molar-refractivity contribution in [3.05, 3.63) is 70.9 Å². The van der Waals surface area contributed by atoms with Crippen LogP contribution in [0, 0.1) is 11.3 Å². The number of aromatic nitrogens is 2. The molecule has 28 heavy (non-hydrogen) atoms. The molecule has 0 aliphatic carbocycles. The molecule has 0 fully saturated rings. The molecule has 2 aromatic carbocycles. The molecular formula is C21H18ClN3O3. The maximum Gasteiger partial charge on any atom is 0.233 e. The van der Waals surface area contributed by atoms with Gasteiger partial charge in [0.15, 0.2) is 6.10 Å². The number of hydrogen-bond donors (Lipinski definition) is 1. The normalized spacial score (nSPS) is 20.0. The fourth-order valence-electron chi connectivity index (χ4n) is 3.18. The minimum atomic E-state index is -0.949. The van der Waals surface area contributed by atoms with E-state index in [2.05, 4.69) is 11.2 Å². The van der Waals surface area contributed by atoms with Crippen molar-refractivity contribution in [2.45, 2.75) is 31.7 Å². The Hall–Kier alpha value is -3.01. The lowest BCUT2D eigenvalue weighted by Gasteiger charge is -2.41. The number of fused-ring (bicyclic) bond motifs is 1. The van der Waals surface area contributed by atoms with Gasteiger partial charge >= 0.3 is 0 Å². The van der Waals surface area contributed by atoms with E-state index < -0.39 is 17.8 Å². The molecule has 2 unspecified atom stereocenters. The maximum absolute atomic E-state index is 10.8. The van der Waals surface area contributed by atoms with Crippen LogP contribution in [0.5, 0.6) is 11.6 Å². The van der Waals surface area contributed by atoms with Crippen LogP contribution in [0.2, 0.25) is 5.02 Å². The number of aliphatic hydroxyl groups is 1. The lowest BCUT2D eigenvalue weighted by molar-refractivity contribution is -0.104. The van der Waals surface area contributed by atoms with Crippen LogP contribution in [0.3, 0.4) is 0 Å². The molecule has 1 N–H and O–H groups in total. The first-order chi connectivity index (χ1) is 13.4. The van der Waals surface area contributed by atoms with Crippen molar-refractivity contribution in [2.24, 2.45) is 0 Å². The van der Waals surface area contributed by atoms with Crippen molar-refractivity contribution in [1.29, 1.82) is 5.26 Å². The Morgan fingerprint density at radius 3 is 2.68 bits per heavy atom. The Balaban J connectivity index is 1.67. The lowest BCUT2D eigenvalue weighted by Crippen LogP contribution is -2.50. The molecule has 4 rings (SSSR count). The molecule has 7 heteroatoms. The van der Waals surface area contributed by atoms with Crippen molar-refractivity contribution in [1.82, 2.24) is 9.78 Å². The molecule has 2 atom stereocenters. The summed E-state index contributed by atoms with van der Waals surface area (Å²) in [6, 6.07) is 16.2. The molecule has 0 radical (unpaired) electrons. The predicted octanol–water partition coefficient (Wildman–Crippen LogP) is 4.05. The quantitative estimate of drug-likeness (QED) is 0.723. The van der Waals surface area contributed by atoms with E-state index in [-0.39, 0.29) is 0 Å². The molecule has 142 valence electrons. The first kappa shape index (κ1) is 18.4. The Morgan fingerprint density at radius 2 is 1.96 bits per heavy atom. The number of ether oxygens (including phenoxy) is 2. The Bertz CT molecular complexity index is 1050. The van der Waals surface area contributed by atoms with Gasteiger partial charge in [0.05, 0.1) is 17.3 Å². The van der Waals surface area contributed by atoms with Crippen LogP contribution in [-0.4, -0.2) is 26.6 Å². The Labute approximate surface area is 167 Å². The van der Waals surface area contributed by atoms with Crippen LogP contribution in [0.15, 0.2) is 54.7 Å². The standard InChI is InChI=1S/C21H18ClN3O3/c1-21(2)20(26)19(16-11-13(12-23)3-8-17(16)28-21)27-18-9-10-25(24-18)15-6-4-14(22)5-7-15/h3-11,19-20,26H,1-2H3. The van der Waals surface area contributed by atoms with E-state index in [0.717, 1.165) is 5.69 Å². The molecule has 1 aromatic heterocycles. The third-order valence-electron chi connectivity index (χ3n) is 4.72. The zero-order chi connectivity index (χ0) is 19.9. The maximum atomic E-state index is 10.8. The molecule has 0 spiro atoms. The molecule has 1 aliphatic rings. The van der Waals surface area contributed by atoms with Gasteiger partial charge in [-0.05, 0) is 56.3 Å². The third kappa shape index (κ3) is 3.31. The molecule has 0 bridgehead atoms. The summed E-state index contributed by atoms with van der Waals surface area (Å²) in [5.74, 6) is 0.932. The van der Waals surface area contributed by atoms with E-state index in [0.29, 0.717) is 27.8 Å². The van der Waals surface area contributed by atoms with Crippen molar-refractivity contribution in [3.63, 3.8) is 0 Å². The summed E-state index contributed by atoms with van der Waals surface area (Å²) in [5.41, 5.74) is 1.06. The monoisotopic (exact) mass is 395 g/mol. The van der Waals surface area contributed by atoms with Gasteiger partial charge in [0.2, 0.25) is 5.88 Å². The van der Waals surface area contributed by atoms with Crippen LogP contribution in [-0.2, 0) is 0 Å². The summed E-state index contributed by atoms with van der Waals surface area (Å²) in [6.45, 7) is 3.59. The van der Waals surface area contributed by atoms with E-state index in [9.17, 15) is 10.4 Å². The van der Waals surface area contributed by atoms with Crippen molar-refractivity contribution < 1.29 is 14.6 Å². The van der Waals surface area contributed by atoms with Crippen molar-refractivity contribution in [3.8, 4) is 23.4 Å². The second kappa shape index (κ2) is 6.86. The van der Waals surface area contributed by atoms with Gasteiger partial charge in [-0.15, -0.1) is 5.10 Å². The summed E-state index contributed by atoms with van der Waals surface area (Å²) in [4.78, 5) is 0. The summed E-state index contributed by atoms with van der Waals surface area (Å²) in [5, 5.41) is 25.1. The number of aliphatic hydroxyl groups excluding tert-OH is 1. The highest BCUT2D eigenvalue weighted by Gasteiger charge is 2.44. The SMILES string of the molecule is CC1(C)Oc2ccc(C#N)cc2C(Oc2ccn(-c3ccc(Cl)cc3)n2)C1O. The number of nitriles is 1. The second-order valence-corrected chi connectivity index (χ2v) is 7.56. The smallest absolute Gasteiger partial charge is 0.233 e. The van der Waals surface area contributed by atoms with E-state index in [1.807, 2.05) is 12.1 Å². The minimum absolute atomic E-state index is 0.352. The highest BCUT2D eigenvalue weighted by molar-refractivity contribution is 6.30. The molecular weight excluding hydrogens is 378 g/mol. The van der Waals surface area contributed by atoms with E-state index in [4.69, 9.17) is 21.1 Å². The fourth-order valence-corrected chi connectivity index (χ4v) is 3.30. The van der Waals surface area contributed by atoms with E-state index in [1.54, 1.807) is 61.1 Å². The molecule has 3 aromatic rings. The minimum Gasteiger partial charge on any atom is -0.485 e. The van der Waals surface area contributed by atoms with Gasteiger partial charge in [-0.25, -0.2) is 4.68 Å². The summed E-state index contributed by atoms with van der Waals surface area (Å²) < 4.78 is 13.6. The van der Waals surface area contributed by atoms with Crippen molar-refractivity contribution in [2.75, 3.05) is 0 Å². The van der Waals surface area contributed by atoms with E-state index in [1.165, 1.54) is 0 Å². The topological polar surface area (TPSA) is 80.3 Å². The van der Waals surface area contributed by atoms with Crippen LogP contribution >= 0.6 is 11.6 Å². The zero-order valence-corrected chi connectivity index (χ0v) is 16.1. The van der Waals surface area contributed by atoms with Gasteiger partial charge in [-0.1, -0.05) is 11.6 Å². The van der Waals surface area contributed by atoms with Crippen LogP contribution in [0.25, 0.3) is 5.69 Å². The molecule has 0 amide bonds. The first-order valence-electron chi connectivity index (χ1n) is 8.77. The highest BCUT2D eigenvalue weighted by Crippen LogP contribution is 2.42. The third-order valence-corrected chi connectivity index (χ3v) is 4.97. The van der Waals surface area contributed by atoms with Crippen LogP contribution in [0.4, 0.5) is 0 Å². The van der Waals surface area contributed by atoms with Gasteiger partial charge in [-0.2, -0.15) is 5.26 Å². The summed E-state index contributed by atoms with van der Waals surface area (Å²) in [7, 11) is 0. The first-order valence-corrected chi connectivity index (χ1v) is 9.14. The number of hydrogen-bond acceptors (Lipinski definition) is 5. The van der Waals surface area contributed by atoms with Crippen LogP contribution in [0.1, 0.15) is 31.1 Å². The Kier molecular flexibility index (Phi) is 4.50. The number of benzene rings is 2. The number of nitrogens with zero attached hydrogens (tertiary/aromatic N) is 3. The van der Waals surface area contributed by atoms with Gasteiger partial charge < -0.3 is 14.6 Å². The number of rotatable bonds is 3. The van der Waals surface area contributed by atoms with Crippen LogP contribution < -0.4 is 9.47 Å². The summed E-state index contributed by atoms with van der Waals surface area (Å²) >= 11 is 5.93. The lowest BCUT2D eigenvalue weighted by atomic mass is 9.88. The highest BCUT2D eigenvalue weighted by atomic mass is 35.5. The second-order valence-electron chi connectivity index (χ2n) is 7.13.